The summed E-state index contributed by atoms with van der Waals surface area (Å²) in [6, 6.07) is 6.51. The van der Waals surface area contributed by atoms with Crippen molar-refractivity contribution in [2.24, 2.45) is 0 Å². The number of para-hydroxylation sites is 1. The SMILES string of the molecule is C[C@@H](O)c1cccnc1Oc1c(F)cccc1[N+](=O)[O-]. The van der Waals surface area contributed by atoms with Gasteiger partial charge in [-0.3, -0.25) is 10.1 Å². The van der Waals surface area contributed by atoms with E-state index in [4.69, 9.17) is 4.74 Å². The Morgan fingerprint density at radius 1 is 1.40 bits per heavy atom. The number of nitrogens with zero attached hydrogens (tertiary/aromatic N) is 2. The van der Waals surface area contributed by atoms with E-state index < -0.39 is 28.3 Å². The summed E-state index contributed by atoms with van der Waals surface area (Å²) < 4.78 is 18.9. The van der Waals surface area contributed by atoms with Crippen LogP contribution in [0.4, 0.5) is 10.1 Å². The Kier molecular flexibility index (Phi) is 3.90. The monoisotopic (exact) mass is 278 g/mol. The van der Waals surface area contributed by atoms with E-state index in [1.54, 1.807) is 12.1 Å². The molecule has 0 spiro atoms. The number of halogens is 1. The molecular weight excluding hydrogens is 267 g/mol. The van der Waals surface area contributed by atoms with Crippen molar-refractivity contribution < 1.29 is 19.2 Å². The second kappa shape index (κ2) is 5.62. The van der Waals surface area contributed by atoms with Gasteiger partial charge in [0.05, 0.1) is 11.0 Å². The van der Waals surface area contributed by atoms with Crippen molar-refractivity contribution in [2.75, 3.05) is 0 Å². The second-order valence-electron chi connectivity index (χ2n) is 4.02. The average Bonchev–Trinajstić information content (AvgIpc) is 2.41. The Balaban J connectivity index is 2.48. The van der Waals surface area contributed by atoms with Gasteiger partial charge >= 0.3 is 5.69 Å². The predicted molar refractivity (Wildman–Crippen MR) is 68.0 cm³/mol. The lowest BCUT2D eigenvalue weighted by molar-refractivity contribution is -0.385. The van der Waals surface area contributed by atoms with Gasteiger partial charge in [0.25, 0.3) is 0 Å². The van der Waals surface area contributed by atoms with Crippen molar-refractivity contribution in [1.82, 2.24) is 4.98 Å². The van der Waals surface area contributed by atoms with Crippen LogP contribution in [0.2, 0.25) is 0 Å². The molecule has 0 amide bonds. The number of aliphatic hydroxyl groups excluding tert-OH is 1. The highest BCUT2D eigenvalue weighted by molar-refractivity contribution is 5.49. The number of pyridine rings is 1. The molecule has 1 N–H and O–H groups in total. The van der Waals surface area contributed by atoms with Crippen LogP contribution in [0.5, 0.6) is 11.6 Å². The van der Waals surface area contributed by atoms with E-state index in [2.05, 4.69) is 4.98 Å². The number of hydrogen-bond donors (Lipinski definition) is 1. The molecule has 0 aliphatic carbocycles. The highest BCUT2D eigenvalue weighted by Crippen LogP contribution is 2.35. The van der Waals surface area contributed by atoms with Crippen LogP contribution < -0.4 is 4.74 Å². The summed E-state index contributed by atoms with van der Waals surface area (Å²) in [6.45, 7) is 1.49. The van der Waals surface area contributed by atoms with Crippen molar-refractivity contribution >= 4 is 5.69 Å². The van der Waals surface area contributed by atoms with Crippen molar-refractivity contribution in [3.63, 3.8) is 0 Å². The molecule has 0 aliphatic heterocycles. The second-order valence-corrected chi connectivity index (χ2v) is 4.02. The highest BCUT2D eigenvalue weighted by Gasteiger charge is 2.22. The molecular formula is C13H11FN2O4. The molecule has 0 aliphatic rings. The molecule has 2 rings (SSSR count). The van der Waals surface area contributed by atoms with E-state index >= 15 is 0 Å². The molecule has 7 heteroatoms. The standard InChI is InChI=1S/C13H11FN2O4/c1-8(17)9-4-3-7-15-13(9)20-12-10(14)5-2-6-11(12)16(18)19/h2-8,17H,1H3/t8-/m1/s1. The van der Waals surface area contributed by atoms with Crippen molar-refractivity contribution in [3.05, 3.63) is 58.0 Å². The first kappa shape index (κ1) is 13.9. The average molecular weight is 278 g/mol. The molecule has 1 aromatic heterocycles. The quantitative estimate of drug-likeness (QED) is 0.686. The first-order valence-electron chi connectivity index (χ1n) is 5.74. The summed E-state index contributed by atoms with van der Waals surface area (Å²) in [6.07, 6.45) is 0.484. The molecule has 1 atom stereocenters. The van der Waals surface area contributed by atoms with Gasteiger partial charge in [-0.15, -0.1) is 0 Å². The minimum atomic E-state index is -0.899. The smallest absolute Gasteiger partial charge is 0.314 e. The molecule has 0 unspecified atom stereocenters. The van der Waals surface area contributed by atoms with Crippen LogP contribution in [0.3, 0.4) is 0 Å². The summed E-state index contributed by atoms with van der Waals surface area (Å²) in [4.78, 5) is 14.0. The minimum Gasteiger partial charge on any atom is -0.428 e. The van der Waals surface area contributed by atoms with Gasteiger partial charge < -0.3 is 9.84 Å². The number of nitro groups is 1. The van der Waals surface area contributed by atoms with Gasteiger partial charge in [-0.05, 0) is 25.1 Å². The Bertz CT molecular complexity index is 646. The van der Waals surface area contributed by atoms with E-state index in [0.717, 1.165) is 12.1 Å². The third kappa shape index (κ3) is 2.72. The van der Waals surface area contributed by atoms with Crippen molar-refractivity contribution in [3.8, 4) is 11.6 Å². The lowest BCUT2D eigenvalue weighted by Gasteiger charge is -2.11. The first-order chi connectivity index (χ1) is 9.50. The third-order valence-electron chi connectivity index (χ3n) is 2.59. The molecule has 0 saturated heterocycles. The molecule has 104 valence electrons. The van der Waals surface area contributed by atoms with Gasteiger partial charge in [0.15, 0.2) is 5.82 Å². The van der Waals surface area contributed by atoms with Crippen LogP contribution >= 0.6 is 0 Å². The largest absolute Gasteiger partial charge is 0.428 e. The zero-order valence-corrected chi connectivity index (χ0v) is 10.5. The molecule has 0 saturated carbocycles. The Morgan fingerprint density at radius 2 is 2.15 bits per heavy atom. The van der Waals surface area contributed by atoms with Crippen LogP contribution in [0.1, 0.15) is 18.6 Å². The van der Waals surface area contributed by atoms with Gasteiger partial charge in [-0.25, -0.2) is 9.37 Å². The molecule has 1 aromatic carbocycles. The fourth-order valence-electron chi connectivity index (χ4n) is 1.65. The number of aliphatic hydroxyl groups is 1. The van der Waals surface area contributed by atoms with Crippen LogP contribution in [0, 0.1) is 15.9 Å². The fraction of sp³-hybridized carbons (Fsp3) is 0.154. The van der Waals surface area contributed by atoms with E-state index in [-0.39, 0.29) is 5.88 Å². The van der Waals surface area contributed by atoms with Crippen LogP contribution in [-0.4, -0.2) is 15.0 Å². The predicted octanol–water partition coefficient (Wildman–Crippen LogP) is 2.97. The molecule has 2 aromatic rings. The number of benzene rings is 1. The molecule has 0 radical (unpaired) electrons. The molecule has 0 bridgehead atoms. The maximum Gasteiger partial charge on any atom is 0.314 e. The van der Waals surface area contributed by atoms with Gasteiger partial charge in [0.1, 0.15) is 0 Å². The summed E-state index contributed by atoms with van der Waals surface area (Å²) in [5, 5.41) is 20.5. The molecule has 6 nitrogen and oxygen atoms in total. The van der Waals surface area contributed by atoms with Crippen LogP contribution in [0.15, 0.2) is 36.5 Å². The zero-order chi connectivity index (χ0) is 14.7. The van der Waals surface area contributed by atoms with E-state index in [0.29, 0.717) is 5.56 Å². The van der Waals surface area contributed by atoms with Gasteiger partial charge in [-0.2, -0.15) is 0 Å². The molecule has 0 fully saturated rings. The summed E-state index contributed by atoms with van der Waals surface area (Å²) in [7, 11) is 0. The number of aromatic nitrogens is 1. The lowest BCUT2D eigenvalue weighted by Crippen LogP contribution is -2.01. The van der Waals surface area contributed by atoms with E-state index in [1.807, 2.05) is 0 Å². The summed E-state index contributed by atoms with van der Waals surface area (Å²) in [5.41, 5.74) is -0.197. The zero-order valence-electron chi connectivity index (χ0n) is 10.5. The van der Waals surface area contributed by atoms with Crippen LogP contribution in [0.25, 0.3) is 0 Å². The third-order valence-corrected chi connectivity index (χ3v) is 2.59. The summed E-state index contributed by atoms with van der Waals surface area (Å²) >= 11 is 0. The Labute approximate surface area is 113 Å². The first-order valence-corrected chi connectivity index (χ1v) is 5.74. The Morgan fingerprint density at radius 3 is 2.80 bits per heavy atom. The fourth-order valence-corrected chi connectivity index (χ4v) is 1.65. The maximum atomic E-state index is 13.7. The number of ether oxygens (including phenoxy) is 1. The van der Waals surface area contributed by atoms with Gasteiger partial charge in [-0.1, -0.05) is 6.07 Å². The van der Waals surface area contributed by atoms with Gasteiger partial charge in [0, 0.05) is 17.8 Å². The maximum absolute atomic E-state index is 13.7. The minimum absolute atomic E-state index is 0.0734. The van der Waals surface area contributed by atoms with Crippen molar-refractivity contribution in [2.45, 2.75) is 13.0 Å². The molecule has 1 heterocycles. The number of rotatable bonds is 4. The topological polar surface area (TPSA) is 85.5 Å². The number of hydrogen-bond acceptors (Lipinski definition) is 5. The Hall–Kier alpha value is -2.54. The van der Waals surface area contributed by atoms with E-state index in [9.17, 15) is 19.6 Å². The van der Waals surface area contributed by atoms with Crippen LogP contribution in [-0.2, 0) is 0 Å². The molecule has 20 heavy (non-hydrogen) atoms. The number of nitro benzene ring substituents is 1. The van der Waals surface area contributed by atoms with Gasteiger partial charge in [0.2, 0.25) is 11.6 Å². The lowest BCUT2D eigenvalue weighted by atomic mass is 10.2. The van der Waals surface area contributed by atoms with Crippen molar-refractivity contribution in [1.29, 1.82) is 0 Å². The normalized spacial score (nSPS) is 11.9. The summed E-state index contributed by atoms with van der Waals surface area (Å²) in [5.74, 6) is -1.48. The highest BCUT2D eigenvalue weighted by atomic mass is 19.1. The van der Waals surface area contributed by atoms with E-state index in [1.165, 1.54) is 19.2 Å².